The first-order chi connectivity index (χ1) is 15.0. The molecular formula is C27H42Cl4Se. The number of alkyl halides is 3. The number of hydrogen-bond acceptors (Lipinski definition) is 0. The van der Waals surface area contributed by atoms with Gasteiger partial charge in [0, 0.05) is 0 Å². The van der Waals surface area contributed by atoms with E-state index in [0.29, 0.717) is 50.0 Å². The van der Waals surface area contributed by atoms with E-state index in [0.717, 1.165) is 35.5 Å². The van der Waals surface area contributed by atoms with Crippen LogP contribution >= 0.6 is 44.9 Å². The molecule has 0 aromatic heterocycles. The predicted octanol–water partition coefficient (Wildman–Crippen LogP) is 8.87. The summed E-state index contributed by atoms with van der Waals surface area (Å²) in [4.78, 5) is 1.52. The topological polar surface area (TPSA) is 0 Å². The maximum atomic E-state index is 8.47. The standard InChI is InChI=1S/C27H42Cl4Se/c1-10-13(4)19-7-16(10)22(28)25(19)32(31,26-20-8-17(23(26)29)11(2)14(20)5)27-21-9-18(24(27)30)12(3)15(21)6/h10-27H,7-9H2,1-6H3. The van der Waals surface area contributed by atoms with Crippen molar-refractivity contribution in [2.75, 3.05) is 0 Å². The van der Waals surface area contributed by atoms with Crippen LogP contribution in [0.1, 0.15) is 60.8 Å². The van der Waals surface area contributed by atoms with Crippen LogP contribution in [0.4, 0.5) is 0 Å². The summed E-state index contributed by atoms with van der Waals surface area (Å²) in [5, 5.41) is 0.737. The van der Waals surface area contributed by atoms with E-state index in [1.807, 2.05) is 0 Å². The Balaban J connectivity index is 1.47. The van der Waals surface area contributed by atoms with Crippen LogP contribution in [-0.2, 0) is 0 Å². The molecule has 5 heteroatoms. The fraction of sp³-hybridized carbons (Fsp3) is 1.00. The van der Waals surface area contributed by atoms with Crippen molar-refractivity contribution in [2.45, 2.75) is 91.4 Å². The van der Waals surface area contributed by atoms with E-state index in [2.05, 4.69) is 41.5 Å². The van der Waals surface area contributed by atoms with Crippen LogP contribution in [0.15, 0.2) is 0 Å². The Hall–Kier alpha value is 1.68. The Morgan fingerprint density at radius 2 is 0.656 bits per heavy atom. The van der Waals surface area contributed by atoms with Gasteiger partial charge in [-0.15, -0.1) is 0 Å². The van der Waals surface area contributed by atoms with Gasteiger partial charge in [0.2, 0.25) is 0 Å². The van der Waals surface area contributed by atoms with Gasteiger partial charge in [0.25, 0.3) is 0 Å². The zero-order chi connectivity index (χ0) is 23.0. The normalized spacial score (nSPS) is 67.9. The molecule has 0 heterocycles. The molecule has 0 spiro atoms. The molecule has 6 bridgehead atoms. The fourth-order valence-corrected chi connectivity index (χ4v) is 31.0. The molecule has 0 nitrogen and oxygen atoms in total. The summed E-state index contributed by atoms with van der Waals surface area (Å²) in [5.74, 6) is 8.42. The van der Waals surface area contributed by atoms with Crippen molar-refractivity contribution in [3.8, 4) is 0 Å². The first-order valence-electron chi connectivity index (χ1n) is 13.4. The van der Waals surface area contributed by atoms with Crippen LogP contribution in [-0.4, -0.2) is 28.1 Å². The van der Waals surface area contributed by atoms with E-state index < -0.39 is 11.9 Å². The van der Waals surface area contributed by atoms with E-state index in [9.17, 15) is 0 Å². The van der Waals surface area contributed by atoms with Crippen molar-refractivity contribution in [3.63, 3.8) is 0 Å². The second-order valence-electron chi connectivity index (χ2n) is 13.2. The Morgan fingerprint density at radius 1 is 0.438 bits per heavy atom. The molecule has 6 saturated carbocycles. The van der Waals surface area contributed by atoms with Crippen molar-refractivity contribution >= 4 is 56.8 Å². The Bertz CT molecular complexity index is 677. The molecule has 6 aliphatic carbocycles. The molecule has 32 heavy (non-hydrogen) atoms. The van der Waals surface area contributed by atoms with Gasteiger partial charge in [0.15, 0.2) is 0 Å². The van der Waals surface area contributed by atoms with Gasteiger partial charge in [-0.25, -0.2) is 0 Å². The second kappa shape index (κ2) is 7.84. The van der Waals surface area contributed by atoms with Crippen molar-refractivity contribution < 1.29 is 0 Å². The molecule has 0 aromatic carbocycles. The van der Waals surface area contributed by atoms with E-state index in [-0.39, 0.29) is 16.1 Å². The summed E-state index contributed by atoms with van der Waals surface area (Å²) in [6.45, 7) is 14.8. The van der Waals surface area contributed by atoms with Crippen LogP contribution in [0, 0.1) is 71.0 Å². The minimum absolute atomic E-state index is 0.246. The van der Waals surface area contributed by atoms with Gasteiger partial charge in [0.1, 0.15) is 0 Å². The summed E-state index contributed by atoms with van der Waals surface area (Å²) in [6.07, 6.45) is 3.89. The van der Waals surface area contributed by atoms with Gasteiger partial charge >= 0.3 is 219 Å². The summed E-state index contributed by atoms with van der Waals surface area (Å²) < 4.78 is 0. The third kappa shape index (κ3) is 2.77. The minimum atomic E-state index is -2.70. The molecule has 6 rings (SSSR count). The summed E-state index contributed by atoms with van der Waals surface area (Å²) in [7, 11) is 8.47. The predicted molar refractivity (Wildman–Crippen MR) is 142 cm³/mol. The zero-order valence-electron chi connectivity index (χ0n) is 20.4. The maximum absolute atomic E-state index is 8.47. The van der Waals surface area contributed by atoms with E-state index in [1.54, 1.807) is 0 Å². The van der Waals surface area contributed by atoms with Gasteiger partial charge in [-0.3, -0.25) is 0 Å². The zero-order valence-corrected chi connectivity index (χ0v) is 25.2. The van der Waals surface area contributed by atoms with E-state index >= 15 is 0 Å². The molecule has 0 N–H and O–H groups in total. The van der Waals surface area contributed by atoms with Crippen molar-refractivity contribution in [1.29, 1.82) is 0 Å². The molecule has 18 unspecified atom stereocenters. The molecule has 0 aliphatic heterocycles. The number of fused-ring (bicyclic) bond motifs is 6. The molecule has 184 valence electrons. The van der Waals surface area contributed by atoms with E-state index in [1.165, 1.54) is 19.3 Å². The van der Waals surface area contributed by atoms with Crippen LogP contribution in [0.5, 0.6) is 0 Å². The number of hydrogen-bond donors (Lipinski definition) is 0. The average molecular weight is 587 g/mol. The molecular weight excluding hydrogens is 545 g/mol. The van der Waals surface area contributed by atoms with Gasteiger partial charge in [-0.05, 0) is 0 Å². The molecule has 0 radical (unpaired) electrons. The molecule has 0 aromatic rings. The van der Waals surface area contributed by atoms with Crippen molar-refractivity contribution in [3.05, 3.63) is 0 Å². The third-order valence-electron chi connectivity index (χ3n) is 12.9. The van der Waals surface area contributed by atoms with Crippen LogP contribution in [0.2, 0.25) is 14.4 Å². The average Bonchev–Trinajstić information content (AvgIpc) is 3.54. The third-order valence-corrected chi connectivity index (χ3v) is 28.2. The van der Waals surface area contributed by atoms with E-state index in [4.69, 9.17) is 44.9 Å². The van der Waals surface area contributed by atoms with Crippen LogP contribution < -0.4 is 0 Å². The van der Waals surface area contributed by atoms with Gasteiger partial charge in [0.05, 0.1) is 0 Å². The molecule has 6 fully saturated rings. The summed E-state index contributed by atoms with van der Waals surface area (Å²) >= 11 is 19.7. The summed E-state index contributed by atoms with van der Waals surface area (Å²) in [5.41, 5.74) is 0. The van der Waals surface area contributed by atoms with Crippen molar-refractivity contribution in [2.24, 2.45) is 71.0 Å². The quantitative estimate of drug-likeness (QED) is 0.229. The van der Waals surface area contributed by atoms with Gasteiger partial charge in [-0.2, -0.15) is 0 Å². The Kier molecular flexibility index (Phi) is 5.89. The Morgan fingerprint density at radius 3 is 0.875 bits per heavy atom. The molecule has 0 saturated heterocycles. The first-order valence-corrected chi connectivity index (χ1v) is 20.0. The van der Waals surface area contributed by atoms with Crippen LogP contribution in [0.3, 0.4) is 0 Å². The second-order valence-corrected chi connectivity index (χ2v) is 23.8. The number of rotatable bonds is 3. The molecule has 0 amide bonds. The van der Waals surface area contributed by atoms with Gasteiger partial charge in [-0.1, -0.05) is 0 Å². The summed E-state index contributed by atoms with van der Waals surface area (Å²) in [6, 6.07) is 0. The first kappa shape index (κ1) is 24.0. The monoisotopic (exact) mass is 586 g/mol. The Labute approximate surface area is 218 Å². The molecule has 18 atom stereocenters. The molecule has 6 aliphatic rings. The fourth-order valence-electron chi connectivity index (χ4n) is 10.5. The number of halogens is 4. The van der Waals surface area contributed by atoms with Gasteiger partial charge < -0.3 is 0 Å². The van der Waals surface area contributed by atoms with Crippen LogP contribution in [0.25, 0.3) is 0 Å². The van der Waals surface area contributed by atoms with Crippen molar-refractivity contribution in [1.82, 2.24) is 0 Å². The SMILES string of the molecule is CC1C(C)C2CC1C(Cl)C2[Se](Cl)(C1C(Cl)C2CC1C(C)C2C)C1C(Cl)C2CC1C(C)C2C.